The maximum Gasteiger partial charge on any atom is 0.416 e. The van der Waals surface area contributed by atoms with Crippen molar-refractivity contribution in [2.24, 2.45) is 0 Å². The second-order valence-corrected chi connectivity index (χ2v) is 10.3. The molecule has 0 spiro atoms. The zero-order valence-corrected chi connectivity index (χ0v) is 20.2. The number of rotatable bonds is 6. The van der Waals surface area contributed by atoms with Gasteiger partial charge in [-0.05, 0) is 93.8 Å². The number of aryl methyl sites for hydroxylation is 1. The number of likely N-dealkylation sites (tertiary alicyclic amines) is 1. The molecule has 0 bridgehead atoms. The second kappa shape index (κ2) is 10.7. The molecule has 198 valence electrons. The largest absolute Gasteiger partial charge is 0.416 e. The lowest BCUT2D eigenvalue weighted by molar-refractivity contribution is -0.143. The van der Waals surface area contributed by atoms with Gasteiger partial charge in [0.05, 0.1) is 17.2 Å². The number of piperidine rings is 1. The van der Waals surface area contributed by atoms with Crippen molar-refractivity contribution in [3.05, 3.63) is 70.8 Å². The van der Waals surface area contributed by atoms with Gasteiger partial charge < -0.3 is 10.0 Å². The van der Waals surface area contributed by atoms with Crippen LogP contribution in [0, 0.1) is 0 Å². The van der Waals surface area contributed by atoms with E-state index in [2.05, 4.69) is 4.90 Å². The lowest BCUT2D eigenvalue weighted by Crippen LogP contribution is -2.49. The molecule has 2 aromatic rings. The molecule has 1 saturated carbocycles. The summed E-state index contributed by atoms with van der Waals surface area (Å²) >= 11 is 0. The van der Waals surface area contributed by atoms with Gasteiger partial charge in [0.1, 0.15) is 0 Å². The van der Waals surface area contributed by atoms with Crippen LogP contribution in [-0.4, -0.2) is 35.2 Å². The molecule has 1 unspecified atom stereocenters. The van der Waals surface area contributed by atoms with E-state index in [9.17, 15) is 31.4 Å². The molecule has 4 rings (SSSR count). The summed E-state index contributed by atoms with van der Waals surface area (Å²) in [7, 11) is 0. The first kappa shape index (κ1) is 27.0. The van der Waals surface area contributed by atoms with E-state index in [0.717, 1.165) is 56.5 Å². The van der Waals surface area contributed by atoms with Crippen LogP contribution < -0.4 is 0 Å². The van der Waals surface area contributed by atoms with Gasteiger partial charge >= 0.3 is 12.4 Å². The molecule has 1 atom stereocenters. The van der Waals surface area contributed by atoms with E-state index in [1.54, 1.807) is 0 Å². The fourth-order valence-corrected chi connectivity index (χ4v) is 6.09. The molecule has 2 aliphatic rings. The SMILES string of the molecule is OC(CCc1cc(C(F)(F)F)cc(C(F)(F)F)c1)C1(c2ccccc2)CCC(N2CCCCC2)CC1. The summed E-state index contributed by atoms with van der Waals surface area (Å²) in [5.41, 5.74) is -2.29. The van der Waals surface area contributed by atoms with Crippen molar-refractivity contribution in [2.45, 2.75) is 87.7 Å². The van der Waals surface area contributed by atoms with Crippen molar-refractivity contribution in [3.63, 3.8) is 0 Å². The molecule has 1 N–H and O–H groups in total. The average Bonchev–Trinajstić information content (AvgIpc) is 2.87. The molecule has 1 aliphatic heterocycles. The fraction of sp³-hybridized carbons (Fsp3) is 0.571. The van der Waals surface area contributed by atoms with E-state index in [0.29, 0.717) is 6.04 Å². The predicted molar refractivity (Wildman–Crippen MR) is 127 cm³/mol. The van der Waals surface area contributed by atoms with Gasteiger partial charge in [-0.25, -0.2) is 0 Å². The summed E-state index contributed by atoms with van der Waals surface area (Å²) in [6.45, 7) is 2.17. The molecule has 1 saturated heterocycles. The minimum Gasteiger partial charge on any atom is -0.392 e. The van der Waals surface area contributed by atoms with Crippen LogP contribution in [0.2, 0.25) is 0 Å². The Hall–Kier alpha value is -2.06. The highest BCUT2D eigenvalue weighted by atomic mass is 19.4. The number of aliphatic hydroxyl groups is 1. The maximum absolute atomic E-state index is 13.3. The smallest absolute Gasteiger partial charge is 0.392 e. The van der Waals surface area contributed by atoms with E-state index in [1.807, 2.05) is 30.3 Å². The van der Waals surface area contributed by atoms with Gasteiger partial charge in [0.25, 0.3) is 0 Å². The van der Waals surface area contributed by atoms with E-state index < -0.39 is 35.0 Å². The lowest BCUT2D eigenvalue weighted by atomic mass is 9.63. The Morgan fingerprint density at radius 1 is 0.833 bits per heavy atom. The number of hydrogen-bond acceptors (Lipinski definition) is 2. The molecular weight excluding hydrogens is 480 g/mol. The van der Waals surface area contributed by atoms with Crippen molar-refractivity contribution in [2.75, 3.05) is 13.1 Å². The molecule has 0 aromatic heterocycles. The zero-order valence-electron chi connectivity index (χ0n) is 20.2. The number of alkyl halides is 6. The van der Waals surface area contributed by atoms with E-state index in [4.69, 9.17) is 0 Å². The van der Waals surface area contributed by atoms with E-state index in [1.165, 1.54) is 19.3 Å². The Morgan fingerprint density at radius 2 is 1.39 bits per heavy atom. The minimum absolute atomic E-state index is 0.0681. The predicted octanol–water partition coefficient (Wildman–Crippen LogP) is 7.38. The number of nitrogens with zero attached hydrogens (tertiary/aromatic N) is 1. The van der Waals surface area contributed by atoms with Gasteiger partial charge in [-0.3, -0.25) is 0 Å². The molecule has 1 heterocycles. The monoisotopic (exact) mass is 513 g/mol. The second-order valence-electron chi connectivity index (χ2n) is 10.3. The summed E-state index contributed by atoms with van der Waals surface area (Å²) in [4.78, 5) is 2.53. The summed E-state index contributed by atoms with van der Waals surface area (Å²) in [6.07, 6.45) is -3.71. The third-order valence-corrected chi connectivity index (χ3v) is 8.09. The van der Waals surface area contributed by atoms with Gasteiger partial charge in [0.2, 0.25) is 0 Å². The fourth-order valence-electron chi connectivity index (χ4n) is 6.09. The van der Waals surface area contributed by atoms with Gasteiger partial charge in [-0.2, -0.15) is 26.3 Å². The first-order valence-electron chi connectivity index (χ1n) is 12.7. The molecular formula is C28H33F6NO. The average molecular weight is 514 g/mol. The minimum atomic E-state index is -4.88. The Labute approximate surface area is 208 Å². The summed E-state index contributed by atoms with van der Waals surface area (Å²) in [5, 5.41) is 11.4. The van der Waals surface area contributed by atoms with Gasteiger partial charge in [0.15, 0.2) is 0 Å². The van der Waals surface area contributed by atoms with Crippen molar-refractivity contribution in [1.29, 1.82) is 0 Å². The summed E-state index contributed by atoms with van der Waals surface area (Å²) < 4.78 is 79.7. The molecule has 2 fully saturated rings. The highest BCUT2D eigenvalue weighted by Crippen LogP contribution is 2.45. The Balaban J connectivity index is 1.54. The van der Waals surface area contributed by atoms with Crippen molar-refractivity contribution >= 4 is 0 Å². The highest BCUT2D eigenvalue weighted by molar-refractivity contribution is 5.34. The molecule has 36 heavy (non-hydrogen) atoms. The summed E-state index contributed by atoms with van der Waals surface area (Å²) in [5.74, 6) is 0. The van der Waals surface area contributed by atoms with Crippen molar-refractivity contribution in [1.82, 2.24) is 4.90 Å². The third-order valence-electron chi connectivity index (χ3n) is 8.09. The van der Waals surface area contributed by atoms with Crippen LogP contribution in [0.25, 0.3) is 0 Å². The van der Waals surface area contributed by atoms with Crippen LogP contribution in [0.15, 0.2) is 48.5 Å². The molecule has 1 aliphatic carbocycles. The topological polar surface area (TPSA) is 23.5 Å². The molecule has 0 radical (unpaired) electrons. The van der Waals surface area contributed by atoms with Gasteiger partial charge in [-0.15, -0.1) is 0 Å². The zero-order chi connectivity index (χ0) is 26.0. The van der Waals surface area contributed by atoms with E-state index in [-0.39, 0.29) is 24.5 Å². The molecule has 0 amide bonds. The van der Waals surface area contributed by atoms with E-state index >= 15 is 0 Å². The first-order valence-corrected chi connectivity index (χ1v) is 12.7. The quantitative estimate of drug-likeness (QED) is 0.407. The van der Waals surface area contributed by atoms with Gasteiger partial charge in [0, 0.05) is 11.5 Å². The standard InChI is InChI=1S/C28H33F6NO/c29-27(30,31)22-17-20(18-23(19-22)28(32,33)34)9-10-25(36)26(21-7-3-1-4-8-21)13-11-24(12-14-26)35-15-5-2-6-16-35/h1,3-4,7-8,17-19,24-25,36H,2,5-6,9-16H2. The molecule has 2 aromatic carbocycles. The van der Waals surface area contributed by atoms with Crippen LogP contribution in [0.3, 0.4) is 0 Å². The van der Waals surface area contributed by atoms with Crippen LogP contribution in [-0.2, 0) is 24.2 Å². The van der Waals surface area contributed by atoms with Crippen LogP contribution in [0.5, 0.6) is 0 Å². The van der Waals surface area contributed by atoms with Crippen LogP contribution in [0.1, 0.15) is 73.6 Å². The Kier molecular flexibility index (Phi) is 8.05. The van der Waals surface area contributed by atoms with Crippen molar-refractivity contribution < 1.29 is 31.4 Å². The normalized spacial score (nSPS) is 25.0. The van der Waals surface area contributed by atoms with Crippen molar-refractivity contribution in [3.8, 4) is 0 Å². The Morgan fingerprint density at radius 3 is 1.92 bits per heavy atom. The molecule has 2 nitrogen and oxygen atoms in total. The number of benzene rings is 2. The van der Waals surface area contributed by atoms with Gasteiger partial charge in [-0.1, -0.05) is 36.8 Å². The number of hydrogen-bond donors (Lipinski definition) is 1. The molecule has 8 heteroatoms. The summed E-state index contributed by atoms with van der Waals surface area (Å²) in [6, 6.07) is 11.8. The highest BCUT2D eigenvalue weighted by Gasteiger charge is 2.44. The maximum atomic E-state index is 13.3. The number of halogens is 6. The lowest BCUT2D eigenvalue weighted by Gasteiger charge is -2.47. The van der Waals surface area contributed by atoms with Crippen LogP contribution in [0.4, 0.5) is 26.3 Å². The first-order chi connectivity index (χ1) is 17.0. The number of aliphatic hydroxyl groups excluding tert-OH is 1. The van der Waals surface area contributed by atoms with Crippen LogP contribution >= 0.6 is 0 Å². The third kappa shape index (κ3) is 6.08. The Bertz CT molecular complexity index is 957.